The Morgan fingerprint density at radius 1 is 1.00 bits per heavy atom. The zero-order valence-electron chi connectivity index (χ0n) is 16.0. The van der Waals surface area contributed by atoms with Crippen LogP contribution in [0.2, 0.25) is 0 Å². The summed E-state index contributed by atoms with van der Waals surface area (Å²) in [6.45, 7) is 5.80. The summed E-state index contributed by atoms with van der Waals surface area (Å²) in [5.41, 5.74) is 3.20. The molecule has 27 heavy (non-hydrogen) atoms. The number of anilines is 1. The van der Waals surface area contributed by atoms with Gasteiger partial charge in [0.25, 0.3) is 0 Å². The molecule has 0 spiro atoms. The Kier molecular flexibility index (Phi) is 11.2. The van der Waals surface area contributed by atoms with E-state index in [-0.39, 0.29) is 29.9 Å². The summed E-state index contributed by atoms with van der Waals surface area (Å²) in [4.78, 5) is 15.8. The van der Waals surface area contributed by atoms with Gasteiger partial charge in [-0.15, -0.1) is 24.0 Å². The van der Waals surface area contributed by atoms with Crippen molar-refractivity contribution in [3.8, 4) is 0 Å². The molecule has 146 valence electrons. The van der Waals surface area contributed by atoms with Gasteiger partial charge in [0, 0.05) is 25.7 Å². The van der Waals surface area contributed by atoms with E-state index in [9.17, 15) is 4.79 Å². The first kappa shape index (κ1) is 23.0. The Morgan fingerprint density at radius 3 is 2.44 bits per heavy atom. The summed E-state index contributed by atoms with van der Waals surface area (Å²) >= 11 is 0. The number of aliphatic imine (C=N–C) groups is 1. The molecule has 3 N–H and O–H groups in total. The smallest absolute Gasteiger partial charge is 0.221 e. The van der Waals surface area contributed by atoms with Gasteiger partial charge in [-0.3, -0.25) is 4.79 Å². The molecule has 2 aromatic carbocycles. The lowest BCUT2D eigenvalue weighted by atomic mass is 10.1. The minimum atomic E-state index is -0.0703. The van der Waals surface area contributed by atoms with E-state index in [1.165, 1.54) is 12.5 Å². The molecule has 0 aliphatic heterocycles. The van der Waals surface area contributed by atoms with Crippen LogP contribution in [0.5, 0.6) is 0 Å². The van der Waals surface area contributed by atoms with Gasteiger partial charge in [-0.2, -0.15) is 0 Å². The van der Waals surface area contributed by atoms with Crippen LogP contribution in [-0.2, 0) is 17.8 Å². The highest BCUT2D eigenvalue weighted by Gasteiger charge is 2.00. The van der Waals surface area contributed by atoms with Crippen molar-refractivity contribution >= 4 is 41.5 Å². The molecule has 1 amide bonds. The van der Waals surface area contributed by atoms with Crippen LogP contribution < -0.4 is 16.0 Å². The molecule has 0 fully saturated rings. The Labute approximate surface area is 179 Å². The number of carbonyl (C=O) groups is 1. The number of nitrogens with zero attached hydrogens (tertiary/aromatic N) is 1. The highest BCUT2D eigenvalue weighted by atomic mass is 127. The lowest BCUT2D eigenvalue weighted by Gasteiger charge is -2.11. The minimum absolute atomic E-state index is 0. The lowest BCUT2D eigenvalue weighted by molar-refractivity contribution is -0.114. The molecule has 0 bridgehead atoms. The van der Waals surface area contributed by atoms with Crippen molar-refractivity contribution in [1.29, 1.82) is 0 Å². The third-order valence-corrected chi connectivity index (χ3v) is 3.79. The fourth-order valence-electron chi connectivity index (χ4n) is 2.61. The molecule has 0 atom stereocenters. The van der Waals surface area contributed by atoms with Gasteiger partial charge in [0.15, 0.2) is 5.96 Å². The summed E-state index contributed by atoms with van der Waals surface area (Å²) in [6, 6.07) is 18.3. The van der Waals surface area contributed by atoms with Crippen LogP contribution in [-0.4, -0.2) is 25.0 Å². The van der Waals surface area contributed by atoms with E-state index in [1.807, 2.05) is 30.3 Å². The molecule has 0 aromatic heterocycles. The molecule has 0 aliphatic rings. The van der Waals surface area contributed by atoms with Gasteiger partial charge >= 0.3 is 0 Å². The van der Waals surface area contributed by atoms with Crippen molar-refractivity contribution in [2.75, 3.05) is 18.4 Å². The maximum absolute atomic E-state index is 11.2. The minimum Gasteiger partial charge on any atom is -0.357 e. The molecular formula is C21H29IN4O. The first-order valence-corrected chi connectivity index (χ1v) is 9.10. The Morgan fingerprint density at radius 2 is 1.74 bits per heavy atom. The molecule has 0 saturated carbocycles. The van der Waals surface area contributed by atoms with Gasteiger partial charge in [0.05, 0.1) is 6.54 Å². The van der Waals surface area contributed by atoms with E-state index in [2.05, 4.69) is 52.1 Å². The second-order valence-electron chi connectivity index (χ2n) is 6.09. The first-order valence-electron chi connectivity index (χ1n) is 9.10. The number of rotatable bonds is 8. The Balaban J connectivity index is 0.00000364. The third kappa shape index (κ3) is 9.42. The second kappa shape index (κ2) is 13.1. The Hall–Kier alpha value is -2.09. The molecule has 2 rings (SSSR count). The Bertz CT molecular complexity index is 719. The van der Waals surface area contributed by atoms with Gasteiger partial charge in [-0.25, -0.2) is 4.99 Å². The van der Waals surface area contributed by atoms with Gasteiger partial charge in [-0.05, 0) is 43.0 Å². The van der Waals surface area contributed by atoms with Crippen molar-refractivity contribution < 1.29 is 4.79 Å². The van der Waals surface area contributed by atoms with Gasteiger partial charge in [-0.1, -0.05) is 42.5 Å². The SMILES string of the molecule is CCNC(=NCc1cccc(NC(C)=O)c1)NCCCc1ccccc1.I. The molecule has 0 aliphatic carbocycles. The van der Waals surface area contributed by atoms with Crippen molar-refractivity contribution in [3.63, 3.8) is 0 Å². The number of halogens is 1. The van der Waals surface area contributed by atoms with E-state index in [4.69, 9.17) is 0 Å². The normalized spacial score (nSPS) is 10.7. The van der Waals surface area contributed by atoms with E-state index in [1.54, 1.807) is 0 Å². The summed E-state index contributed by atoms with van der Waals surface area (Å²) in [7, 11) is 0. The number of benzene rings is 2. The fraction of sp³-hybridized carbons (Fsp3) is 0.333. The average molecular weight is 480 g/mol. The van der Waals surface area contributed by atoms with Gasteiger partial charge < -0.3 is 16.0 Å². The quantitative estimate of drug-likeness (QED) is 0.232. The molecule has 0 unspecified atom stereocenters. The topological polar surface area (TPSA) is 65.5 Å². The standard InChI is InChI=1S/C21H28N4O.HI/c1-3-22-21(23-14-8-12-18-9-5-4-6-10-18)24-16-19-11-7-13-20(15-19)25-17(2)26;/h4-7,9-11,13,15H,3,8,12,14,16H2,1-2H3,(H,25,26)(H2,22,23,24);1H. The van der Waals surface area contributed by atoms with Gasteiger partial charge in [0.2, 0.25) is 5.91 Å². The van der Waals surface area contributed by atoms with Gasteiger partial charge in [0.1, 0.15) is 0 Å². The van der Waals surface area contributed by atoms with Crippen molar-refractivity contribution in [2.24, 2.45) is 4.99 Å². The van der Waals surface area contributed by atoms with Crippen LogP contribution in [0, 0.1) is 0 Å². The van der Waals surface area contributed by atoms with E-state index >= 15 is 0 Å². The first-order chi connectivity index (χ1) is 12.7. The summed E-state index contributed by atoms with van der Waals surface area (Å²) < 4.78 is 0. The summed E-state index contributed by atoms with van der Waals surface area (Å²) in [5, 5.41) is 9.44. The van der Waals surface area contributed by atoms with Crippen LogP contribution in [0.3, 0.4) is 0 Å². The number of hydrogen-bond acceptors (Lipinski definition) is 2. The van der Waals surface area contributed by atoms with E-state index in [0.29, 0.717) is 6.54 Å². The van der Waals surface area contributed by atoms with Crippen LogP contribution in [0.1, 0.15) is 31.4 Å². The van der Waals surface area contributed by atoms with Crippen LogP contribution in [0.15, 0.2) is 59.6 Å². The molecule has 0 radical (unpaired) electrons. The zero-order valence-corrected chi connectivity index (χ0v) is 18.3. The summed E-state index contributed by atoms with van der Waals surface area (Å²) in [6.07, 6.45) is 2.10. The average Bonchev–Trinajstić information content (AvgIpc) is 2.64. The number of nitrogens with one attached hydrogen (secondary N) is 3. The van der Waals surface area contributed by atoms with Crippen LogP contribution in [0.25, 0.3) is 0 Å². The fourth-order valence-corrected chi connectivity index (χ4v) is 2.61. The van der Waals surface area contributed by atoms with Crippen LogP contribution in [0.4, 0.5) is 5.69 Å². The van der Waals surface area contributed by atoms with Crippen LogP contribution >= 0.6 is 24.0 Å². The number of aryl methyl sites for hydroxylation is 1. The number of hydrogen-bond donors (Lipinski definition) is 3. The predicted octanol–water partition coefficient (Wildman–Crippen LogP) is 3.95. The number of carbonyl (C=O) groups excluding carboxylic acids is 1. The molecule has 0 saturated heterocycles. The molecule has 6 heteroatoms. The molecular weight excluding hydrogens is 451 g/mol. The zero-order chi connectivity index (χ0) is 18.6. The molecule has 0 heterocycles. The lowest BCUT2D eigenvalue weighted by Crippen LogP contribution is -2.37. The maximum Gasteiger partial charge on any atom is 0.221 e. The van der Waals surface area contributed by atoms with E-state index in [0.717, 1.165) is 43.1 Å². The van der Waals surface area contributed by atoms with Crippen molar-refractivity contribution in [2.45, 2.75) is 33.2 Å². The highest BCUT2D eigenvalue weighted by molar-refractivity contribution is 14.0. The number of guanidine groups is 1. The molecule has 5 nitrogen and oxygen atoms in total. The predicted molar refractivity (Wildman–Crippen MR) is 124 cm³/mol. The van der Waals surface area contributed by atoms with E-state index < -0.39 is 0 Å². The highest BCUT2D eigenvalue weighted by Crippen LogP contribution is 2.11. The molecule has 2 aromatic rings. The monoisotopic (exact) mass is 480 g/mol. The second-order valence-corrected chi connectivity index (χ2v) is 6.09. The van der Waals surface area contributed by atoms with Crippen molar-refractivity contribution in [1.82, 2.24) is 10.6 Å². The van der Waals surface area contributed by atoms with Crippen molar-refractivity contribution in [3.05, 3.63) is 65.7 Å². The summed E-state index contributed by atoms with van der Waals surface area (Å²) in [5.74, 6) is 0.740. The third-order valence-electron chi connectivity index (χ3n) is 3.79. The number of amides is 1. The maximum atomic E-state index is 11.2. The largest absolute Gasteiger partial charge is 0.357 e.